The van der Waals surface area contributed by atoms with E-state index in [0.717, 1.165) is 0 Å². The van der Waals surface area contributed by atoms with Gasteiger partial charge in [-0.1, -0.05) is 0 Å². The Morgan fingerprint density at radius 3 is 2.64 bits per heavy atom. The van der Waals surface area contributed by atoms with Crippen molar-refractivity contribution in [1.82, 2.24) is 0 Å². The van der Waals surface area contributed by atoms with Gasteiger partial charge in [0.1, 0.15) is 0 Å². The molecule has 0 aliphatic heterocycles. The number of ketones is 1. The van der Waals surface area contributed by atoms with E-state index >= 15 is 0 Å². The van der Waals surface area contributed by atoms with Gasteiger partial charge in [-0.15, -0.1) is 0 Å². The second-order valence-corrected chi connectivity index (χ2v) is 2.66. The zero-order valence-corrected chi connectivity index (χ0v) is 6.91. The summed E-state index contributed by atoms with van der Waals surface area (Å²) >= 11 is 0. The summed E-state index contributed by atoms with van der Waals surface area (Å²) in [7, 11) is 0. The van der Waals surface area contributed by atoms with Gasteiger partial charge in [-0.3, -0.25) is 4.79 Å². The lowest BCUT2D eigenvalue weighted by Crippen LogP contribution is -2.30. The van der Waals surface area contributed by atoms with Crippen LogP contribution in [-0.2, 0) is 0 Å². The minimum atomic E-state index is -4.78. The van der Waals surface area contributed by atoms with Gasteiger partial charge in [-0.2, -0.15) is 13.2 Å². The lowest BCUT2D eigenvalue weighted by Gasteiger charge is -2.12. The van der Waals surface area contributed by atoms with Gasteiger partial charge < -0.3 is 9.52 Å². The number of carbonyl (C=O) groups excluding carboxylic acids is 1. The third-order valence-electron chi connectivity index (χ3n) is 1.55. The summed E-state index contributed by atoms with van der Waals surface area (Å²) in [6.07, 6.45) is -7.26. The maximum Gasteiger partial charge on any atom is 0.414 e. The predicted octanol–water partition coefficient (Wildman–Crippen LogP) is 1.78. The average molecular weight is 208 g/mol. The number of halogens is 3. The molecule has 0 radical (unpaired) electrons. The number of alkyl halides is 3. The van der Waals surface area contributed by atoms with Crippen molar-refractivity contribution in [2.24, 2.45) is 0 Å². The molecule has 6 heteroatoms. The van der Waals surface area contributed by atoms with Crippen LogP contribution >= 0.6 is 0 Å². The zero-order chi connectivity index (χ0) is 10.8. The van der Waals surface area contributed by atoms with Crippen LogP contribution in [0.3, 0.4) is 0 Å². The molecule has 1 N–H and O–H groups in total. The van der Waals surface area contributed by atoms with Gasteiger partial charge >= 0.3 is 6.18 Å². The van der Waals surface area contributed by atoms with E-state index in [2.05, 4.69) is 4.42 Å². The molecule has 0 unspecified atom stereocenters. The van der Waals surface area contributed by atoms with Crippen molar-refractivity contribution in [1.29, 1.82) is 0 Å². The topological polar surface area (TPSA) is 50.4 Å². The lowest BCUT2D eigenvalue weighted by atomic mass is 10.1. The van der Waals surface area contributed by atoms with Crippen molar-refractivity contribution >= 4 is 5.78 Å². The van der Waals surface area contributed by atoms with Crippen molar-refractivity contribution in [3.05, 3.63) is 24.2 Å². The fourth-order valence-corrected chi connectivity index (χ4v) is 0.829. The second kappa shape index (κ2) is 3.83. The summed E-state index contributed by atoms with van der Waals surface area (Å²) in [6.45, 7) is 0. The number of Topliss-reactive ketones (excluding diaryl/α,β-unsaturated/α-hetero) is 1. The molecule has 14 heavy (non-hydrogen) atoms. The summed E-state index contributed by atoms with van der Waals surface area (Å²) < 4.78 is 40.0. The third kappa shape index (κ3) is 2.59. The molecule has 1 atom stereocenters. The minimum absolute atomic E-state index is 0.187. The first kappa shape index (κ1) is 10.8. The predicted molar refractivity (Wildman–Crippen MR) is 39.7 cm³/mol. The molecule has 0 aliphatic carbocycles. The highest BCUT2D eigenvalue weighted by Crippen LogP contribution is 2.23. The molecule has 1 rings (SSSR count). The quantitative estimate of drug-likeness (QED) is 0.770. The maximum absolute atomic E-state index is 11.8. The highest BCUT2D eigenvalue weighted by Gasteiger charge is 2.39. The molecule has 1 aromatic rings. The number of aliphatic hydroxyl groups is 1. The average Bonchev–Trinajstić information content (AvgIpc) is 2.53. The number of aliphatic hydroxyl groups excluding tert-OH is 1. The summed E-state index contributed by atoms with van der Waals surface area (Å²) in [5.74, 6) is -1.06. The number of carbonyl (C=O) groups is 1. The Morgan fingerprint density at radius 1 is 1.57 bits per heavy atom. The molecule has 0 bridgehead atoms. The van der Waals surface area contributed by atoms with E-state index in [9.17, 15) is 18.0 Å². The van der Waals surface area contributed by atoms with E-state index in [4.69, 9.17) is 5.11 Å². The van der Waals surface area contributed by atoms with Gasteiger partial charge in [-0.25, -0.2) is 0 Å². The Labute approximate surface area is 77.1 Å². The van der Waals surface area contributed by atoms with E-state index in [1.54, 1.807) is 0 Å². The Hall–Kier alpha value is -1.30. The minimum Gasteiger partial charge on any atom is -0.461 e. The van der Waals surface area contributed by atoms with Crippen molar-refractivity contribution in [2.45, 2.75) is 18.7 Å². The molecule has 0 fully saturated rings. The fraction of sp³-hybridized carbons (Fsp3) is 0.375. The van der Waals surface area contributed by atoms with Crippen LogP contribution in [0.1, 0.15) is 17.0 Å². The molecule has 78 valence electrons. The fourth-order valence-electron chi connectivity index (χ4n) is 0.829. The molecule has 0 saturated heterocycles. The molecule has 0 aromatic carbocycles. The van der Waals surface area contributed by atoms with E-state index in [1.165, 1.54) is 18.4 Å². The molecular weight excluding hydrogens is 201 g/mol. The number of furan rings is 1. The molecule has 1 aromatic heterocycles. The Bertz CT molecular complexity index is 302. The van der Waals surface area contributed by atoms with Crippen molar-refractivity contribution < 1.29 is 27.5 Å². The van der Waals surface area contributed by atoms with Gasteiger partial charge in [0.25, 0.3) is 0 Å². The Balaban J connectivity index is 2.58. The second-order valence-electron chi connectivity index (χ2n) is 2.66. The van der Waals surface area contributed by atoms with Gasteiger partial charge in [0, 0.05) is 6.42 Å². The number of rotatable bonds is 3. The van der Waals surface area contributed by atoms with Crippen LogP contribution in [0.4, 0.5) is 13.2 Å². The lowest BCUT2D eigenvalue weighted by molar-refractivity contribution is -0.202. The zero-order valence-electron chi connectivity index (χ0n) is 6.91. The molecule has 0 spiro atoms. The van der Waals surface area contributed by atoms with Crippen molar-refractivity contribution in [2.75, 3.05) is 0 Å². The number of hydrogen-bond acceptors (Lipinski definition) is 3. The maximum atomic E-state index is 11.8. The number of hydrogen-bond donors (Lipinski definition) is 1. The normalized spacial score (nSPS) is 14.0. The smallest absolute Gasteiger partial charge is 0.414 e. The first-order valence-corrected chi connectivity index (χ1v) is 3.72. The standard InChI is InChI=1S/C8H7F3O3/c9-8(10,11)7(13)4-5(12)6-2-1-3-14-6/h1-3,7,13H,4H2/t7-/m1/s1. The van der Waals surface area contributed by atoms with Crippen LogP contribution in [0.2, 0.25) is 0 Å². The van der Waals surface area contributed by atoms with Gasteiger partial charge in [-0.05, 0) is 12.1 Å². The largest absolute Gasteiger partial charge is 0.461 e. The van der Waals surface area contributed by atoms with Crippen LogP contribution in [0.5, 0.6) is 0 Å². The van der Waals surface area contributed by atoms with Crippen molar-refractivity contribution in [3.63, 3.8) is 0 Å². The Kier molecular flexibility index (Phi) is 2.95. The van der Waals surface area contributed by atoms with Crippen LogP contribution in [0.15, 0.2) is 22.8 Å². The van der Waals surface area contributed by atoms with E-state index in [-0.39, 0.29) is 5.76 Å². The van der Waals surface area contributed by atoms with Crippen LogP contribution in [0.25, 0.3) is 0 Å². The summed E-state index contributed by atoms with van der Waals surface area (Å²) in [4.78, 5) is 11.0. The van der Waals surface area contributed by atoms with Crippen LogP contribution in [-0.4, -0.2) is 23.2 Å². The first-order valence-electron chi connectivity index (χ1n) is 3.72. The molecule has 0 aliphatic rings. The first-order chi connectivity index (χ1) is 6.41. The summed E-state index contributed by atoms with van der Waals surface area (Å²) in [6, 6.07) is 2.62. The van der Waals surface area contributed by atoms with Gasteiger partial charge in [0.2, 0.25) is 5.78 Å². The molecule has 0 saturated carbocycles. The van der Waals surface area contributed by atoms with Crippen LogP contribution in [0, 0.1) is 0 Å². The third-order valence-corrected chi connectivity index (χ3v) is 1.55. The van der Waals surface area contributed by atoms with Gasteiger partial charge in [0.05, 0.1) is 6.26 Å². The SMILES string of the molecule is O=C(C[C@@H](O)C(F)(F)F)c1ccco1. The van der Waals surface area contributed by atoms with E-state index in [0.29, 0.717) is 0 Å². The summed E-state index contributed by atoms with van der Waals surface area (Å²) in [5.41, 5.74) is 0. The van der Waals surface area contributed by atoms with E-state index < -0.39 is 24.5 Å². The monoisotopic (exact) mass is 208 g/mol. The molecule has 3 nitrogen and oxygen atoms in total. The van der Waals surface area contributed by atoms with Crippen LogP contribution < -0.4 is 0 Å². The van der Waals surface area contributed by atoms with E-state index in [1.807, 2.05) is 0 Å². The molecule has 0 amide bonds. The molecular formula is C8H7F3O3. The van der Waals surface area contributed by atoms with Crippen molar-refractivity contribution in [3.8, 4) is 0 Å². The highest BCUT2D eigenvalue weighted by atomic mass is 19.4. The molecule has 1 heterocycles. The summed E-state index contributed by atoms with van der Waals surface area (Å²) in [5, 5.41) is 8.57. The Morgan fingerprint density at radius 2 is 2.21 bits per heavy atom. The van der Waals surface area contributed by atoms with Gasteiger partial charge in [0.15, 0.2) is 11.9 Å². The highest BCUT2D eigenvalue weighted by molar-refractivity contribution is 5.93.